The molecule has 0 N–H and O–H groups in total. The lowest BCUT2D eigenvalue weighted by Crippen LogP contribution is -2.45. The van der Waals surface area contributed by atoms with E-state index in [1.165, 1.54) is 6.33 Å². The summed E-state index contributed by atoms with van der Waals surface area (Å²) in [5, 5.41) is 4.06. The topological polar surface area (TPSA) is 54.3 Å². The average Bonchev–Trinajstić information content (AvgIpc) is 3.13. The number of benzene rings is 1. The van der Waals surface area contributed by atoms with E-state index in [9.17, 15) is 18.0 Å². The maximum atomic E-state index is 12.8. The highest BCUT2D eigenvalue weighted by Crippen LogP contribution is 2.21. The first-order chi connectivity index (χ1) is 13.1. The molecule has 0 saturated heterocycles. The number of hydrogen-bond donors (Lipinski definition) is 0. The van der Waals surface area contributed by atoms with Gasteiger partial charge in [0.05, 0.1) is 12.2 Å². The number of nitrogens with zero attached hydrogens (tertiary/aromatic N) is 5. The predicted octanol–water partition coefficient (Wildman–Crippen LogP) is 3.31. The van der Waals surface area contributed by atoms with E-state index in [0.717, 1.165) is 16.2 Å². The fraction of sp³-hybridized carbons (Fsp3) is 0.526. The number of amides is 1. The summed E-state index contributed by atoms with van der Waals surface area (Å²) in [5.41, 5.74) is 1.80. The highest BCUT2D eigenvalue weighted by molar-refractivity contribution is 5.78. The normalized spacial score (nSPS) is 13.2. The zero-order valence-electron chi connectivity index (χ0n) is 16.5. The van der Waals surface area contributed by atoms with E-state index in [2.05, 4.69) is 10.1 Å². The minimum Gasteiger partial charge on any atom is -0.332 e. The van der Waals surface area contributed by atoms with Crippen molar-refractivity contribution in [2.24, 2.45) is 5.92 Å². The molecule has 0 radical (unpaired) electrons. The van der Waals surface area contributed by atoms with E-state index in [-0.39, 0.29) is 25.0 Å². The molecular weight excluding hydrogens is 371 g/mol. The van der Waals surface area contributed by atoms with Crippen LogP contribution < -0.4 is 0 Å². The largest absolute Gasteiger partial charge is 0.406 e. The Morgan fingerprint density at radius 3 is 2.32 bits per heavy atom. The molecule has 0 aliphatic rings. The molecule has 1 unspecified atom stereocenters. The number of halogens is 3. The first-order valence-electron chi connectivity index (χ1n) is 9.06. The quantitative estimate of drug-likeness (QED) is 0.686. The molecule has 154 valence electrons. The minimum absolute atomic E-state index is 0.0432. The van der Waals surface area contributed by atoms with Crippen LogP contribution in [0.2, 0.25) is 0 Å². The molecule has 0 bridgehead atoms. The Kier molecular flexibility index (Phi) is 7.17. The number of hydrogen-bond acceptors (Lipinski definition) is 4. The van der Waals surface area contributed by atoms with Gasteiger partial charge in [-0.3, -0.25) is 9.69 Å². The van der Waals surface area contributed by atoms with Crippen LogP contribution >= 0.6 is 0 Å². The monoisotopic (exact) mass is 397 g/mol. The molecule has 0 spiro atoms. The summed E-state index contributed by atoms with van der Waals surface area (Å²) in [5.74, 6) is -0.571. The van der Waals surface area contributed by atoms with E-state index < -0.39 is 18.6 Å². The van der Waals surface area contributed by atoms with Crippen molar-refractivity contribution < 1.29 is 18.0 Å². The van der Waals surface area contributed by atoms with Crippen molar-refractivity contribution in [2.75, 3.05) is 26.7 Å². The van der Waals surface area contributed by atoms with Crippen LogP contribution in [0.25, 0.3) is 5.69 Å². The smallest absolute Gasteiger partial charge is 0.332 e. The molecule has 28 heavy (non-hydrogen) atoms. The highest BCUT2D eigenvalue weighted by Gasteiger charge is 2.33. The first kappa shape index (κ1) is 21.9. The van der Waals surface area contributed by atoms with Gasteiger partial charge in [-0.2, -0.15) is 18.3 Å². The van der Waals surface area contributed by atoms with Crippen LogP contribution in [-0.2, 0) is 4.79 Å². The standard InChI is InChI=1S/C19H26F3N5O/c1-14(2)9-26(11-19(20,21)22)18(28)10-25(4)15(3)16-5-7-17(8-6-16)27-13-23-12-24-27/h5-8,12-15H,9-11H2,1-4H3. The molecule has 6 nitrogen and oxygen atoms in total. The van der Waals surface area contributed by atoms with Crippen molar-refractivity contribution in [3.63, 3.8) is 0 Å². The highest BCUT2D eigenvalue weighted by atomic mass is 19.4. The Morgan fingerprint density at radius 2 is 1.82 bits per heavy atom. The van der Waals surface area contributed by atoms with Gasteiger partial charge in [0.2, 0.25) is 5.91 Å². The van der Waals surface area contributed by atoms with Crippen molar-refractivity contribution in [3.05, 3.63) is 42.5 Å². The summed E-state index contributed by atoms with van der Waals surface area (Å²) in [7, 11) is 1.73. The van der Waals surface area contributed by atoms with Gasteiger partial charge < -0.3 is 4.90 Å². The van der Waals surface area contributed by atoms with E-state index in [1.54, 1.807) is 36.8 Å². The summed E-state index contributed by atoms with van der Waals surface area (Å²) < 4.78 is 40.1. The molecule has 1 heterocycles. The Bertz CT molecular complexity index is 744. The van der Waals surface area contributed by atoms with Crippen molar-refractivity contribution in [2.45, 2.75) is 33.0 Å². The van der Waals surface area contributed by atoms with Gasteiger partial charge in [0.1, 0.15) is 19.2 Å². The Balaban J connectivity index is 2.03. The first-order valence-corrected chi connectivity index (χ1v) is 9.06. The van der Waals surface area contributed by atoms with Gasteiger partial charge in [-0.15, -0.1) is 0 Å². The van der Waals surface area contributed by atoms with Gasteiger partial charge in [-0.25, -0.2) is 9.67 Å². The minimum atomic E-state index is -4.41. The fourth-order valence-corrected chi connectivity index (χ4v) is 2.86. The van der Waals surface area contributed by atoms with Crippen LogP contribution in [0.1, 0.15) is 32.4 Å². The van der Waals surface area contributed by atoms with Crippen LogP contribution in [-0.4, -0.2) is 63.3 Å². The van der Waals surface area contributed by atoms with Crippen LogP contribution in [0.15, 0.2) is 36.9 Å². The summed E-state index contributed by atoms with van der Waals surface area (Å²) >= 11 is 0. The lowest BCUT2D eigenvalue weighted by molar-refractivity contribution is -0.162. The van der Waals surface area contributed by atoms with E-state index >= 15 is 0 Å². The molecule has 9 heteroatoms. The van der Waals surface area contributed by atoms with Gasteiger partial charge in [0, 0.05) is 12.6 Å². The fourth-order valence-electron chi connectivity index (χ4n) is 2.86. The summed E-state index contributed by atoms with van der Waals surface area (Å²) in [6.45, 7) is 4.26. The zero-order chi connectivity index (χ0) is 20.9. The number of aromatic nitrogens is 3. The third kappa shape index (κ3) is 6.33. The van der Waals surface area contributed by atoms with Gasteiger partial charge >= 0.3 is 6.18 Å². The molecule has 0 saturated carbocycles. The number of carbonyl (C=O) groups excluding carboxylic acids is 1. The average molecular weight is 397 g/mol. The SMILES string of the molecule is CC(C)CN(CC(F)(F)F)C(=O)CN(C)C(C)c1ccc(-n2cncn2)cc1. The van der Waals surface area contributed by atoms with E-state index in [0.29, 0.717) is 0 Å². The Hall–Kier alpha value is -2.42. The molecule has 0 fully saturated rings. The maximum Gasteiger partial charge on any atom is 0.406 e. The molecule has 2 aromatic rings. The number of likely N-dealkylation sites (N-methyl/N-ethyl adjacent to an activating group) is 1. The van der Waals surface area contributed by atoms with Crippen LogP contribution in [0, 0.1) is 5.92 Å². The number of alkyl halides is 3. The third-order valence-corrected chi connectivity index (χ3v) is 4.41. The van der Waals surface area contributed by atoms with E-state index in [4.69, 9.17) is 0 Å². The molecular formula is C19H26F3N5O. The van der Waals surface area contributed by atoms with E-state index in [1.807, 2.05) is 31.2 Å². The summed E-state index contributed by atoms with van der Waals surface area (Å²) in [6.07, 6.45) is -1.38. The second kappa shape index (κ2) is 9.18. The van der Waals surface area contributed by atoms with Crippen molar-refractivity contribution >= 4 is 5.91 Å². The third-order valence-electron chi connectivity index (χ3n) is 4.41. The number of carbonyl (C=O) groups is 1. The molecule has 1 amide bonds. The van der Waals surface area contributed by atoms with Gasteiger partial charge in [-0.1, -0.05) is 26.0 Å². The molecule has 1 atom stereocenters. The summed E-state index contributed by atoms with van der Waals surface area (Å²) in [4.78, 5) is 19.0. The second-order valence-electron chi connectivity index (χ2n) is 7.31. The lowest BCUT2D eigenvalue weighted by Gasteiger charge is -2.30. The number of rotatable bonds is 8. The second-order valence-corrected chi connectivity index (χ2v) is 7.31. The van der Waals surface area contributed by atoms with Crippen LogP contribution in [0.5, 0.6) is 0 Å². The Morgan fingerprint density at radius 1 is 1.18 bits per heavy atom. The maximum absolute atomic E-state index is 12.8. The molecule has 2 rings (SSSR count). The molecule has 1 aromatic heterocycles. The summed E-state index contributed by atoms with van der Waals surface area (Å²) in [6, 6.07) is 7.44. The van der Waals surface area contributed by atoms with Crippen LogP contribution in [0.4, 0.5) is 13.2 Å². The van der Waals surface area contributed by atoms with Gasteiger partial charge in [0.15, 0.2) is 0 Å². The van der Waals surface area contributed by atoms with Crippen molar-refractivity contribution in [1.29, 1.82) is 0 Å². The molecule has 1 aromatic carbocycles. The van der Waals surface area contributed by atoms with Gasteiger partial charge in [-0.05, 0) is 37.6 Å². The lowest BCUT2D eigenvalue weighted by atomic mass is 10.1. The Labute approximate surface area is 163 Å². The van der Waals surface area contributed by atoms with Crippen molar-refractivity contribution in [3.8, 4) is 5.69 Å². The molecule has 0 aliphatic carbocycles. The van der Waals surface area contributed by atoms with Crippen molar-refractivity contribution in [1.82, 2.24) is 24.6 Å². The zero-order valence-corrected chi connectivity index (χ0v) is 16.5. The molecule has 0 aliphatic heterocycles. The predicted molar refractivity (Wildman–Crippen MR) is 99.9 cm³/mol. The van der Waals surface area contributed by atoms with Crippen LogP contribution in [0.3, 0.4) is 0 Å². The van der Waals surface area contributed by atoms with Gasteiger partial charge in [0.25, 0.3) is 0 Å².